The van der Waals surface area contributed by atoms with Gasteiger partial charge in [0.15, 0.2) is 5.65 Å². The highest BCUT2D eigenvalue weighted by Crippen LogP contribution is 2.33. The van der Waals surface area contributed by atoms with E-state index in [1.807, 2.05) is 0 Å². The third-order valence-electron chi connectivity index (χ3n) is 4.15. The fraction of sp³-hybridized carbons (Fsp3) is 0.312. The number of nitrogens with zero attached hydrogens (tertiary/aromatic N) is 4. The molecule has 0 radical (unpaired) electrons. The Morgan fingerprint density at radius 1 is 1.25 bits per heavy atom. The smallest absolute Gasteiger partial charge is 0.167 e. The highest BCUT2D eigenvalue weighted by atomic mass is 35.5. The van der Waals surface area contributed by atoms with E-state index >= 15 is 0 Å². The standard InChI is InChI=1S/C16H14ClFN4O2/c1-23-10-5-11(6-10)24-14-4-9(18)2-3-13(14)22-16-12(7-21-22)15(17)19-8-20-16/h2-4,7-8,10-11H,5-6H2,1H3. The SMILES string of the molecule is COC1CC(Oc2cc(F)ccc2-n2ncc3c(Cl)ncnc32)C1. The van der Waals surface area contributed by atoms with Gasteiger partial charge in [-0.2, -0.15) is 5.10 Å². The maximum Gasteiger partial charge on any atom is 0.167 e. The number of aromatic nitrogens is 4. The molecule has 8 heteroatoms. The second-order valence-electron chi connectivity index (χ2n) is 5.64. The van der Waals surface area contributed by atoms with Crippen LogP contribution in [-0.4, -0.2) is 39.1 Å². The molecule has 2 heterocycles. The lowest BCUT2D eigenvalue weighted by molar-refractivity contribution is -0.0382. The van der Waals surface area contributed by atoms with E-state index < -0.39 is 0 Å². The Hall–Kier alpha value is -2.25. The molecule has 1 saturated carbocycles. The van der Waals surface area contributed by atoms with Crippen LogP contribution < -0.4 is 4.74 Å². The van der Waals surface area contributed by atoms with Gasteiger partial charge in [-0.05, 0) is 12.1 Å². The van der Waals surface area contributed by atoms with E-state index in [0.29, 0.717) is 27.6 Å². The van der Waals surface area contributed by atoms with Crippen molar-refractivity contribution in [1.82, 2.24) is 19.7 Å². The van der Waals surface area contributed by atoms with Crippen molar-refractivity contribution in [2.45, 2.75) is 25.0 Å². The molecule has 1 aliphatic rings. The molecule has 6 nitrogen and oxygen atoms in total. The van der Waals surface area contributed by atoms with Crippen LogP contribution >= 0.6 is 11.6 Å². The van der Waals surface area contributed by atoms with Crippen molar-refractivity contribution in [3.63, 3.8) is 0 Å². The van der Waals surface area contributed by atoms with Crippen LogP contribution in [0.25, 0.3) is 16.7 Å². The maximum absolute atomic E-state index is 13.7. The molecule has 24 heavy (non-hydrogen) atoms. The molecule has 0 N–H and O–H groups in total. The van der Waals surface area contributed by atoms with E-state index in [9.17, 15) is 4.39 Å². The Labute approximate surface area is 142 Å². The summed E-state index contributed by atoms with van der Waals surface area (Å²) in [5, 5.41) is 5.24. The number of hydrogen-bond acceptors (Lipinski definition) is 5. The highest BCUT2D eigenvalue weighted by molar-refractivity contribution is 6.33. The molecule has 1 aromatic carbocycles. The van der Waals surface area contributed by atoms with Crippen molar-refractivity contribution in [3.8, 4) is 11.4 Å². The zero-order valence-electron chi connectivity index (χ0n) is 12.8. The molecule has 1 aliphatic carbocycles. The molecular weight excluding hydrogens is 335 g/mol. The van der Waals surface area contributed by atoms with Crippen LogP contribution in [0.2, 0.25) is 5.15 Å². The van der Waals surface area contributed by atoms with Gasteiger partial charge in [0.25, 0.3) is 0 Å². The van der Waals surface area contributed by atoms with Crippen LogP contribution in [0.3, 0.4) is 0 Å². The summed E-state index contributed by atoms with van der Waals surface area (Å²) in [7, 11) is 1.67. The molecule has 0 bridgehead atoms. The van der Waals surface area contributed by atoms with Crippen molar-refractivity contribution in [1.29, 1.82) is 0 Å². The number of rotatable bonds is 4. The van der Waals surface area contributed by atoms with Gasteiger partial charge >= 0.3 is 0 Å². The van der Waals surface area contributed by atoms with Crippen molar-refractivity contribution < 1.29 is 13.9 Å². The summed E-state index contributed by atoms with van der Waals surface area (Å²) in [6.07, 6.45) is 4.69. The number of halogens is 2. The molecule has 4 rings (SSSR count). The Bertz CT molecular complexity index is 895. The molecule has 0 amide bonds. The van der Waals surface area contributed by atoms with E-state index in [1.165, 1.54) is 18.5 Å². The van der Waals surface area contributed by atoms with E-state index in [-0.39, 0.29) is 18.0 Å². The normalized spacial score (nSPS) is 20.1. The van der Waals surface area contributed by atoms with Gasteiger partial charge in [-0.1, -0.05) is 11.6 Å². The Balaban J connectivity index is 1.73. The first-order valence-electron chi connectivity index (χ1n) is 7.49. The predicted octanol–water partition coefficient (Wildman–Crippen LogP) is 3.16. The largest absolute Gasteiger partial charge is 0.488 e. The van der Waals surface area contributed by atoms with Crippen LogP contribution in [-0.2, 0) is 4.74 Å². The zero-order valence-corrected chi connectivity index (χ0v) is 13.6. The first-order valence-corrected chi connectivity index (χ1v) is 7.87. The fourth-order valence-corrected chi connectivity index (χ4v) is 2.91. The summed E-state index contributed by atoms with van der Waals surface area (Å²) in [5.41, 5.74) is 1.14. The lowest BCUT2D eigenvalue weighted by atomic mass is 9.92. The summed E-state index contributed by atoms with van der Waals surface area (Å²) in [5.74, 6) is 0.0368. The molecule has 0 aliphatic heterocycles. The predicted molar refractivity (Wildman–Crippen MR) is 86.1 cm³/mol. The molecule has 0 saturated heterocycles. The summed E-state index contributed by atoms with van der Waals surface area (Å²) >= 11 is 6.06. The van der Waals surface area contributed by atoms with E-state index in [1.54, 1.807) is 24.1 Å². The van der Waals surface area contributed by atoms with E-state index in [2.05, 4.69) is 15.1 Å². The summed E-state index contributed by atoms with van der Waals surface area (Å²) < 4.78 is 26.5. The van der Waals surface area contributed by atoms with E-state index in [4.69, 9.17) is 21.1 Å². The van der Waals surface area contributed by atoms with Gasteiger partial charge in [0.1, 0.15) is 34.8 Å². The quantitative estimate of drug-likeness (QED) is 0.678. The minimum absolute atomic E-state index is 0.00413. The number of hydrogen-bond donors (Lipinski definition) is 0. The van der Waals surface area contributed by atoms with Gasteiger partial charge in [0.2, 0.25) is 0 Å². The van der Waals surface area contributed by atoms with Gasteiger partial charge in [-0.25, -0.2) is 19.0 Å². The third-order valence-corrected chi connectivity index (χ3v) is 4.45. The van der Waals surface area contributed by atoms with Crippen molar-refractivity contribution >= 4 is 22.6 Å². The first kappa shape index (κ1) is 15.3. The second-order valence-corrected chi connectivity index (χ2v) is 6.00. The van der Waals surface area contributed by atoms with Crippen LogP contribution in [0.15, 0.2) is 30.7 Å². The van der Waals surface area contributed by atoms with Gasteiger partial charge in [-0.15, -0.1) is 0 Å². The molecule has 1 fully saturated rings. The number of ether oxygens (including phenoxy) is 2. The number of fused-ring (bicyclic) bond motifs is 1. The van der Waals surface area contributed by atoms with Gasteiger partial charge < -0.3 is 9.47 Å². The van der Waals surface area contributed by atoms with Crippen LogP contribution in [0.1, 0.15) is 12.8 Å². The zero-order chi connectivity index (χ0) is 16.7. The van der Waals surface area contributed by atoms with Crippen molar-refractivity contribution in [2.24, 2.45) is 0 Å². The van der Waals surface area contributed by atoms with Gasteiger partial charge in [0.05, 0.1) is 17.7 Å². The molecule has 3 aromatic rings. The molecule has 2 aromatic heterocycles. The number of benzene rings is 1. The Morgan fingerprint density at radius 3 is 2.88 bits per heavy atom. The van der Waals surface area contributed by atoms with E-state index in [0.717, 1.165) is 12.8 Å². The molecular formula is C16H14ClFN4O2. The topological polar surface area (TPSA) is 62.1 Å². The molecule has 0 unspecified atom stereocenters. The lowest BCUT2D eigenvalue weighted by Crippen LogP contribution is -2.39. The van der Waals surface area contributed by atoms with Crippen LogP contribution in [0.5, 0.6) is 5.75 Å². The highest BCUT2D eigenvalue weighted by Gasteiger charge is 2.31. The summed E-state index contributed by atoms with van der Waals surface area (Å²) in [6.45, 7) is 0. The monoisotopic (exact) mass is 348 g/mol. The Kier molecular flexibility index (Phi) is 3.82. The Morgan fingerprint density at radius 2 is 2.08 bits per heavy atom. The van der Waals surface area contributed by atoms with Gasteiger partial charge in [-0.3, -0.25) is 0 Å². The van der Waals surface area contributed by atoms with Crippen LogP contribution in [0, 0.1) is 5.82 Å². The summed E-state index contributed by atoms with van der Waals surface area (Å²) in [4.78, 5) is 8.15. The van der Waals surface area contributed by atoms with Crippen molar-refractivity contribution in [3.05, 3.63) is 41.7 Å². The average molecular weight is 349 g/mol. The first-order chi connectivity index (χ1) is 11.7. The third kappa shape index (κ3) is 2.59. The van der Waals surface area contributed by atoms with Gasteiger partial charge in [0, 0.05) is 26.0 Å². The van der Waals surface area contributed by atoms with Crippen LogP contribution in [0.4, 0.5) is 4.39 Å². The molecule has 124 valence electrons. The molecule has 0 spiro atoms. The van der Waals surface area contributed by atoms with Crippen molar-refractivity contribution in [2.75, 3.05) is 7.11 Å². The fourth-order valence-electron chi connectivity index (χ4n) is 2.73. The average Bonchev–Trinajstić information content (AvgIpc) is 2.96. The molecule has 0 atom stereocenters. The maximum atomic E-state index is 13.7. The minimum Gasteiger partial charge on any atom is -0.488 e. The minimum atomic E-state index is -0.375. The number of methoxy groups -OCH3 is 1. The lowest BCUT2D eigenvalue weighted by Gasteiger charge is -2.34. The summed E-state index contributed by atoms with van der Waals surface area (Å²) in [6, 6.07) is 4.32. The second kappa shape index (κ2) is 5.99.